The summed E-state index contributed by atoms with van der Waals surface area (Å²) >= 11 is 0. The number of rotatable bonds is 13. The molecule has 3 unspecified atom stereocenters. The van der Waals surface area contributed by atoms with E-state index < -0.39 is 53.1 Å². The average Bonchev–Trinajstić information content (AvgIpc) is 3.83. The molecule has 2 saturated carbocycles. The van der Waals surface area contributed by atoms with Gasteiger partial charge in [-0.05, 0) is 55.3 Å². The first-order valence-corrected chi connectivity index (χ1v) is 14.8. The molecule has 0 aromatic carbocycles. The Kier molecular flexibility index (Phi) is 10.4. The minimum absolute atomic E-state index is 0.0245. The number of urea groups is 1. The maximum atomic E-state index is 14.0. The summed E-state index contributed by atoms with van der Waals surface area (Å²) < 4.78 is 0. The number of hydrogen-bond donors (Lipinski definition) is 4. The number of ketones is 1. The second-order valence-corrected chi connectivity index (χ2v) is 13.4. The zero-order chi connectivity index (χ0) is 30.6. The van der Waals surface area contributed by atoms with Gasteiger partial charge in [0.2, 0.25) is 23.5 Å². The fraction of sp³-hybridized carbons (Fsp3) is 0.793. The van der Waals surface area contributed by atoms with E-state index >= 15 is 0 Å². The fourth-order valence-electron chi connectivity index (χ4n) is 5.30. The first-order valence-electron chi connectivity index (χ1n) is 14.8. The number of carbonyl (C=O) groups excluding carboxylic acids is 6. The minimum Gasteiger partial charge on any atom is -0.363 e. The van der Waals surface area contributed by atoms with Crippen molar-refractivity contribution < 1.29 is 28.8 Å². The van der Waals surface area contributed by atoms with Crippen LogP contribution in [0.3, 0.4) is 0 Å². The molecular formula is C29H48N6O6. The van der Waals surface area contributed by atoms with E-state index in [1.54, 1.807) is 11.9 Å². The van der Waals surface area contributed by atoms with E-state index in [-0.39, 0.29) is 30.3 Å². The van der Waals surface area contributed by atoms with Gasteiger partial charge in [0, 0.05) is 19.6 Å². The standard InChI is InChI=1S/C29H48N6O6/c1-16(2)18-13-21(26(39)32-20(23(37)25(30)38)12-9-17-7-8-17)35(15-18)27(40)24(29(3,4)5)33-28(41)31-14-22(36)34(6)19-10-11-19/h16-21,24H,7-15H2,1-6H3,(H2,30,38)(H,32,39)(H2,31,33,41)/t18-,20?,21?,24?/m1/s1. The van der Waals surface area contributed by atoms with Crippen molar-refractivity contribution in [1.29, 1.82) is 0 Å². The Hall–Kier alpha value is -3.18. The van der Waals surface area contributed by atoms with Crippen LogP contribution < -0.4 is 21.7 Å². The number of nitrogens with two attached hydrogens (primary N) is 1. The highest BCUT2D eigenvalue weighted by Gasteiger charge is 2.46. The van der Waals surface area contributed by atoms with Crippen LogP contribution in [-0.2, 0) is 24.0 Å². The molecule has 1 heterocycles. The summed E-state index contributed by atoms with van der Waals surface area (Å²) in [7, 11) is 1.71. The van der Waals surface area contributed by atoms with Crippen molar-refractivity contribution >= 4 is 35.4 Å². The Morgan fingerprint density at radius 3 is 2.15 bits per heavy atom. The van der Waals surface area contributed by atoms with Gasteiger partial charge >= 0.3 is 6.03 Å². The lowest BCUT2D eigenvalue weighted by Gasteiger charge is -2.35. The van der Waals surface area contributed by atoms with Crippen LogP contribution in [0.5, 0.6) is 0 Å². The highest BCUT2D eigenvalue weighted by molar-refractivity contribution is 6.37. The van der Waals surface area contributed by atoms with Crippen LogP contribution >= 0.6 is 0 Å². The summed E-state index contributed by atoms with van der Waals surface area (Å²) in [6.07, 6.45) is 5.44. The minimum atomic E-state index is -1.10. The monoisotopic (exact) mass is 576 g/mol. The zero-order valence-electron chi connectivity index (χ0n) is 25.3. The van der Waals surface area contributed by atoms with Gasteiger partial charge in [-0.2, -0.15) is 0 Å². The third-order valence-corrected chi connectivity index (χ3v) is 8.57. The lowest BCUT2D eigenvalue weighted by molar-refractivity contribution is -0.143. The van der Waals surface area contributed by atoms with E-state index in [0.29, 0.717) is 31.7 Å². The van der Waals surface area contributed by atoms with Crippen molar-refractivity contribution in [3.8, 4) is 0 Å². The van der Waals surface area contributed by atoms with E-state index in [2.05, 4.69) is 16.0 Å². The molecule has 12 heteroatoms. The molecule has 3 rings (SSSR count). The van der Waals surface area contributed by atoms with Crippen LogP contribution in [0, 0.1) is 23.2 Å². The van der Waals surface area contributed by atoms with E-state index in [1.165, 1.54) is 4.90 Å². The predicted octanol–water partition coefficient (Wildman–Crippen LogP) is 0.924. The second kappa shape index (κ2) is 13.2. The highest BCUT2D eigenvalue weighted by atomic mass is 16.2. The van der Waals surface area contributed by atoms with Crippen LogP contribution in [0.4, 0.5) is 4.79 Å². The van der Waals surface area contributed by atoms with Gasteiger partial charge in [0.1, 0.15) is 12.1 Å². The second-order valence-electron chi connectivity index (χ2n) is 13.4. The lowest BCUT2D eigenvalue weighted by Crippen LogP contribution is -2.60. The maximum Gasteiger partial charge on any atom is 0.315 e. The van der Waals surface area contributed by atoms with Crippen LogP contribution in [0.1, 0.15) is 79.6 Å². The van der Waals surface area contributed by atoms with Gasteiger partial charge < -0.3 is 31.5 Å². The summed E-state index contributed by atoms with van der Waals surface area (Å²) in [5.74, 6) is -2.40. The van der Waals surface area contributed by atoms with Crippen molar-refractivity contribution in [3.05, 3.63) is 0 Å². The van der Waals surface area contributed by atoms with Crippen molar-refractivity contribution in [2.75, 3.05) is 20.1 Å². The Bertz CT molecular complexity index is 1030. The summed E-state index contributed by atoms with van der Waals surface area (Å²) in [5.41, 5.74) is 4.55. The van der Waals surface area contributed by atoms with E-state index in [9.17, 15) is 28.8 Å². The molecule has 230 valence electrons. The van der Waals surface area contributed by atoms with Crippen molar-refractivity contribution in [2.45, 2.75) is 104 Å². The fourth-order valence-corrected chi connectivity index (χ4v) is 5.30. The number of nitrogens with one attached hydrogen (secondary N) is 3. The molecule has 3 aliphatic rings. The Morgan fingerprint density at radius 1 is 1.00 bits per heavy atom. The van der Waals surface area contributed by atoms with Crippen molar-refractivity contribution in [1.82, 2.24) is 25.8 Å². The number of hydrogen-bond acceptors (Lipinski definition) is 6. The van der Waals surface area contributed by atoms with Crippen LogP contribution in [0.25, 0.3) is 0 Å². The number of primary amides is 1. The normalized spacial score (nSPS) is 22.1. The summed E-state index contributed by atoms with van der Waals surface area (Å²) in [6.45, 7) is 9.59. The van der Waals surface area contributed by atoms with Gasteiger partial charge in [0.05, 0.1) is 12.6 Å². The molecule has 1 aliphatic heterocycles. The van der Waals surface area contributed by atoms with Crippen molar-refractivity contribution in [3.63, 3.8) is 0 Å². The molecule has 0 spiro atoms. The van der Waals surface area contributed by atoms with E-state index in [1.807, 2.05) is 34.6 Å². The summed E-state index contributed by atoms with van der Waals surface area (Å²) in [4.78, 5) is 80.0. The van der Waals surface area contributed by atoms with E-state index in [0.717, 1.165) is 25.7 Å². The van der Waals surface area contributed by atoms with Crippen LogP contribution in [0.15, 0.2) is 0 Å². The van der Waals surface area contributed by atoms with Gasteiger partial charge in [-0.15, -0.1) is 0 Å². The largest absolute Gasteiger partial charge is 0.363 e. The quantitative estimate of drug-likeness (QED) is 0.238. The molecule has 0 bridgehead atoms. The molecule has 12 nitrogen and oxygen atoms in total. The number of amides is 6. The number of likely N-dealkylation sites (N-methyl/N-ethyl adjacent to an activating group) is 1. The average molecular weight is 577 g/mol. The number of likely N-dealkylation sites (tertiary alicyclic amines) is 1. The smallest absolute Gasteiger partial charge is 0.315 e. The molecule has 5 N–H and O–H groups in total. The van der Waals surface area contributed by atoms with E-state index in [4.69, 9.17) is 5.73 Å². The summed E-state index contributed by atoms with van der Waals surface area (Å²) in [5, 5.41) is 8.01. The number of carbonyl (C=O) groups is 6. The zero-order valence-corrected chi connectivity index (χ0v) is 25.3. The molecule has 0 radical (unpaired) electrons. The number of Topliss-reactive ketones (excluding diaryl/α,β-unsaturated/α-hetero) is 1. The Labute approximate surface area is 242 Å². The maximum absolute atomic E-state index is 14.0. The third kappa shape index (κ3) is 8.90. The van der Waals surface area contributed by atoms with Gasteiger partial charge in [0.15, 0.2) is 0 Å². The predicted molar refractivity (Wildman–Crippen MR) is 152 cm³/mol. The molecule has 6 amide bonds. The molecule has 3 fully saturated rings. The molecular weight excluding hydrogens is 528 g/mol. The first-order chi connectivity index (χ1) is 19.1. The highest BCUT2D eigenvalue weighted by Crippen LogP contribution is 2.35. The topological polar surface area (TPSA) is 171 Å². The third-order valence-electron chi connectivity index (χ3n) is 8.57. The van der Waals surface area contributed by atoms with Gasteiger partial charge in [-0.25, -0.2) is 4.79 Å². The van der Waals surface area contributed by atoms with Gasteiger partial charge in [-0.3, -0.25) is 24.0 Å². The molecule has 41 heavy (non-hydrogen) atoms. The summed E-state index contributed by atoms with van der Waals surface area (Å²) in [6, 6.07) is -3.33. The van der Waals surface area contributed by atoms with Gasteiger partial charge in [-0.1, -0.05) is 47.5 Å². The first kappa shape index (κ1) is 32.3. The van der Waals surface area contributed by atoms with Gasteiger partial charge in [0.25, 0.3) is 5.91 Å². The molecule has 1 saturated heterocycles. The molecule has 2 aliphatic carbocycles. The Morgan fingerprint density at radius 2 is 1.63 bits per heavy atom. The lowest BCUT2D eigenvalue weighted by atomic mass is 9.85. The van der Waals surface area contributed by atoms with Crippen LogP contribution in [0.2, 0.25) is 0 Å². The molecule has 0 aromatic heterocycles. The molecule has 0 aromatic rings. The SMILES string of the molecule is CC(C)[C@@H]1CC(C(=O)NC(CCC2CC2)C(=O)C(N)=O)N(C(=O)C(NC(=O)NCC(=O)N(C)C2CC2)C(C)(C)C)C1. The molecule has 4 atom stereocenters. The number of nitrogens with zero attached hydrogens (tertiary/aromatic N) is 2. The van der Waals surface area contributed by atoms with Crippen molar-refractivity contribution in [2.24, 2.45) is 28.9 Å². The Balaban J connectivity index is 1.73. The van der Waals surface area contributed by atoms with Crippen LogP contribution in [-0.4, -0.2) is 89.5 Å².